The summed E-state index contributed by atoms with van der Waals surface area (Å²) in [6.07, 6.45) is 2.28. The van der Waals surface area contributed by atoms with Gasteiger partial charge in [-0.1, -0.05) is 13.8 Å². The average Bonchev–Trinajstić information content (AvgIpc) is 2.15. The van der Waals surface area contributed by atoms with Crippen molar-refractivity contribution in [2.75, 3.05) is 18.1 Å². The number of hydrogen-bond donors (Lipinski definition) is 1. The maximum Gasteiger partial charge on any atom is 0.223 e. The molecule has 0 saturated carbocycles. The molecule has 13 heavy (non-hydrogen) atoms. The second kappa shape index (κ2) is 5.53. The molecule has 1 fully saturated rings. The van der Waals surface area contributed by atoms with Crippen molar-refractivity contribution in [3.63, 3.8) is 0 Å². The van der Waals surface area contributed by atoms with Crippen LogP contribution in [0.1, 0.15) is 26.7 Å². The van der Waals surface area contributed by atoms with Crippen LogP contribution in [-0.4, -0.2) is 24.0 Å². The Morgan fingerprint density at radius 2 is 2.38 bits per heavy atom. The fraction of sp³-hybridized carbons (Fsp3) is 0.900. The van der Waals surface area contributed by atoms with Crippen molar-refractivity contribution in [1.82, 2.24) is 5.32 Å². The fourth-order valence-electron chi connectivity index (χ4n) is 1.40. The largest absolute Gasteiger partial charge is 0.356 e. The number of carbonyl (C=O) groups excluding carboxylic acids is 1. The van der Waals surface area contributed by atoms with Crippen molar-refractivity contribution in [3.8, 4) is 0 Å². The number of amides is 1. The highest BCUT2D eigenvalue weighted by Gasteiger charge is 2.20. The van der Waals surface area contributed by atoms with Crippen molar-refractivity contribution in [1.29, 1.82) is 0 Å². The highest BCUT2D eigenvalue weighted by molar-refractivity contribution is 7.99. The average molecular weight is 201 g/mol. The monoisotopic (exact) mass is 201 g/mol. The van der Waals surface area contributed by atoms with Crippen LogP contribution in [0.25, 0.3) is 0 Å². The maximum atomic E-state index is 11.6. The topological polar surface area (TPSA) is 29.1 Å². The van der Waals surface area contributed by atoms with Gasteiger partial charge in [-0.3, -0.25) is 4.79 Å². The van der Waals surface area contributed by atoms with Crippen LogP contribution in [0.5, 0.6) is 0 Å². The van der Waals surface area contributed by atoms with Gasteiger partial charge in [0, 0.05) is 18.2 Å². The molecule has 3 heteroatoms. The summed E-state index contributed by atoms with van der Waals surface area (Å²) >= 11 is 1.90. The van der Waals surface area contributed by atoms with Crippen molar-refractivity contribution in [2.45, 2.75) is 26.7 Å². The normalized spacial score (nSPS) is 23.2. The summed E-state index contributed by atoms with van der Waals surface area (Å²) in [6, 6.07) is 0. The van der Waals surface area contributed by atoms with E-state index in [0.717, 1.165) is 18.7 Å². The van der Waals surface area contributed by atoms with Crippen molar-refractivity contribution < 1.29 is 4.79 Å². The first kappa shape index (κ1) is 10.9. The molecule has 1 rings (SSSR count). The molecule has 1 unspecified atom stereocenters. The van der Waals surface area contributed by atoms with Crippen LogP contribution in [0.4, 0.5) is 0 Å². The van der Waals surface area contributed by atoms with Gasteiger partial charge in [-0.25, -0.2) is 0 Å². The molecule has 2 nitrogen and oxygen atoms in total. The zero-order valence-electron chi connectivity index (χ0n) is 8.51. The minimum atomic E-state index is 0.265. The van der Waals surface area contributed by atoms with Gasteiger partial charge in [0.05, 0.1) is 0 Å². The number of hydrogen-bond acceptors (Lipinski definition) is 2. The van der Waals surface area contributed by atoms with Gasteiger partial charge in [0.15, 0.2) is 0 Å². The number of carbonyl (C=O) groups is 1. The van der Waals surface area contributed by atoms with E-state index in [0.29, 0.717) is 5.92 Å². The summed E-state index contributed by atoms with van der Waals surface area (Å²) in [7, 11) is 0. The van der Waals surface area contributed by atoms with Gasteiger partial charge in [0.25, 0.3) is 0 Å². The lowest BCUT2D eigenvalue weighted by Crippen LogP contribution is -2.35. The van der Waals surface area contributed by atoms with Crippen LogP contribution in [0.2, 0.25) is 0 Å². The van der Waals surface area contributed by atoms with Crippen molar-refractivity contribution >= 4 is 17.7 Å². The first-order valence-corrected chi connectivity index (χ1v) is 6.21. The molecule has 1 N–H and O–H groups in total. The minimum Gasteiger partial charge on any atom is -0.356 e. The molecule has 1 amide bonds. The first-order chi connectivity index (χ1) is 6.20. The molecule has 1 saturated heterocycles. The Morgan fingerprint density at radius 1 is 1.62 bits per heavy atom. The molecule has 0 aromatic rings. The molecule has 0 radical (unpaired) electrons. The molecule has 1 aliphatic heterocycles. The Balaban J connectivity index is 2.21. The summed E-state index contributed by atoms with van der Waals surface area (Å²) < 4.78 is 0. The molecule has 0 aromatic heterocycles. The lowest BCUT2D eigenvalue weighted by molar-refractivity contribution is -0.124. The van der Waals surface area contributed by atoms with Crippen LogP contribution >= 0.6 is 11.8 Å². The molecule has 1 atom stereocenters. The molecule has 76 valence electrons. The van der Waals surface area contributed by atoms with Gasteiger partial charge < -0.3 is 5.32 Å². The van der Waals surface area contributed by atoms with E-state index in [4.69, 9.17) is 0 Å². The molecule has 1 aliphatic rings. The zero-order chi connectivity index (χ0) is 9.68. The van der Waals surface area contributed by atoms with Crippen LogP contribution in [0, 0.1) is 11.8 Å². The molecule has 0 bridgehead atoms. The van der Waals surface area contributed by atoms with E-state index < -0.39 is 0 Å². The van der Waals surface area contributed by atoms with E-state index in [-0.39, 0.29) is 11.8 Å². The predicted octanol–water partition coefficient (Wildman–Crippen LogP) is 1.90. The van der Waals surface area contributed by atoms with Crippen LogP contribution in [-0.2, 0) is 4.79 Å². The smallest absolute Gasteiger partial charge is 0.223 e. The summed E-state index contributed by atoms with van der Waals surface area (Å²) in [5.41, 5.74) is 0. The summed E-state index contributed by atoms with van der Waals surface area (Å²) in [5, 5.41) is 3.00. The van der Waals surface area contributed by atoms with Crippen molar-refractivity contribution in [2.24, 2.45) is 11.8 Å². The van der Waals surface area contributed by atoms with Gasteiger partial charge >= 0.3 is 0 Å². The third-order valence-corrected chi connectivity index (χ3v) is 3.43. The van der Waals surface area contributed by atoms with Crippen LogP contribution in [0.15, 0.2) is 0 Å². The third kappa shape index (κ3) is 4.03. The second-order valence-electron chi connectivity index (χ2n) is 4.05. The second-order valence-corrected chi connectivity index (χ2v) is 5.20. The quantitative estimate of drug-likeness (QED) is 0.755. The Kier molecular flexibility index (Phi) is 4.64. The summed E-state index contributed by atoms with van der Waals surface area (Å²) in [5.74, 6) is 3.34. The number of nitrogens with one attached hydrogen (secondary N) is 1. The lowest BCUT2D eigenvalue weighted by atomic mass is 10.0. The predicted molar refractivity (Wildman–Crippen MR) is 57.9 cm³/mol. The Labute approximate surface area is 84.9 Å². The van der Waals surface area contributed by atoms with E-state index in [2.05, 4.69) is 19.2 Å². The number of thioether (sulfide) groups is 1. The molecule has 0 aliphatic carbocycles. The van der Waals surface area contributed by atoms with E-state index in [1.807, 2.05) is 11.8 Å². The SMILES string of the molecule is CC(C)CNC(=O)C1CCCSC1. The lowest BCUT2D eigenvalue weighted by Gasteiger charge is -2.20. The van der Waals surface area contributed by atoms with Gasteiger partial charge in [0.1, 0.15) is 0 Å². The van der Waals surface area contributed by atoms with Crippen LogP contribution in [0.3, 0.4) is 0 Å². The first-order valence-electron chi connectivity index (χ1n) is 5.05. The maximum absolute atomic E-state index is 11.6. The highest BCUT2D eigenvalue weighted by Crippen LogP contribution is 2.22. The summed E-state index contributed by atoms with van der Waals surface area (Å²) in [4.78, 5) is 11.6. The summed E-state index contributed by atoms with van der Waals surface area (Å²) in [6.45, 7) is 5.06. The Bertz CT molecular complexity index is 164. The standard InChI is InChI=1S/C10H19NOS/c1-8(2)6-11-10(12)9-4-3-5-13-7-9/h8-9H,3-7H2,1-2H3,(H,11,12). The molecule has 1 heterocycles. The van der Waals surface area contributed by atoms with Gasteiger partial charge in [-0.15, -0.1) is 0 Å². The van der Waals surface area contributed by atoms with E-state index in [1.165, 1.54) is 12.2 Å². The van der Waals surface area contributed by atoms with Gasteiger partial charge in [-0.2, -0.15) is 11.8 Å². The third-order valence-electron chi connectivity index (χ3n) is 2.22. The molecule has 0 aromatic carbocycles. The molecular weight excluding hydrogens is 182 g/mol. The zero-order valence-corrected chi connectivity index (χ0v) is 9.32. The van der Waals surface area contributed by atoms with Gasteiger partial charge in [-0.05, 0) is 24.5 Å². The molecular formula is C10H19NOS. The highest BCUT2D eigenvalue weighted by atomic mass is 32.2. The van der Waals surface area contributed by atoms with Crippen LogP contribution < -0.4 is 5.32 Å². The Morgan fingerprint density at radius 3 is 2.92 bits per heavy atom. The fourth-order valence-corrected chi connectivity index (χ4v) is 2.54. The van der Waals surface area contributed by atoms with E-state index in [1.54, 1.807) is 0 Å². The Hall–Kier alpha value is -0.180. The van der Waals surface area contributed by atoms with E-state index in [9.17, 15) is 4.79 Å². The van der Waals surface area contributed by atoms with E-state index >= 15 is 0 Å². The van der Waals surface area contributed by atoms with Crippen molar-refractivity contribution in [3.05, 3.63) is 0 Å². The van der Waals surface area contributed by atoms with Gasteiger partial charge in [0.2, 0.25) is 5.91 Å². The molecule has 0 spiro atoms. The number of rotatable bonds is 3. The minimum absolute atomic E-state index is 0.265.